The van der Waals surface area contributed by atoms with Gasteiger partial charge in [-0.2, -0.15) is 0 Å². The minimum Gasteiger partial charge on any atom is -0.397 e. The molecular weight excluding hydrogens is 238 g/mol. The molecular formula is C11H19N3O2S. The predicted octanol–water partition coefficient (Wildman–Crippen LogP) is 1.11. The first kappa shape index (κ1) is 13.8. The summed E-state index contributed by atoms with van der Waals surface area (Å²) in [5, 5.41) is 0.977. The number of methoxy groups -OCH3 is 1. The van der Waals surface area contributed by atoms with Crippen LogP contribution in [0.2, 0.25) is 0 Å². The number of rotatable bonds is 5. The van der Waals surface area contributed by atoms with Crippen molar-refractivity contribution in [2.24, 2.45) is 0 Å². The highest BCUT2D eigenvalue weighted by Crippen LogP contribution is 2.32. The summed E-state index contributed by atoms with van der Waals surface area (Å²) in [5.74, 6) is -0.0566. The third-order valence-electron chi connectivity index (χ3n) is 2.36. The van der Waals surface area contributed by atoms with Gasteiger partial charge in [0.05, 0.1) is 17.3 Å². The summed E-state index contributed by atoms with van der Waals surface area (Å²) in [6.07, 6.45) is 0. The highest BCUT2D eigenvalue weighted by molar-refractivity contribution is 7.18. The molecule has 0 aliphatic rings. The molecule has 0 aliphatic heterocycles. The molecule has 0 aromatic carbocycles. The van der Waals surface area contributed by atoms with Crippen molar-refractivity contribution in [1.82, 2.24) is 4.90 Å². The Labute approximate surface area is 106 Å². The van der Waals surface area contributed by atoms with Crippen LogP contribution in [0.4, 0.5) is 10.7 Å². The molecule has 5 nitrogen and oxygen atoms in total. The van der Waals surface area contributed by atoms with E-state index in [1.54, 1.807) is 21.2 Å². The number of anilines is 2. The second-order valence-corrected chi connectivity index (χ2v) is 5.01. The lowest BCUT2D eigenvalue weighted by atomic mass is 10.3. The number of amides is 1. The van der Waals surface area contributed by atoms with Gasteiger partial charge in [0.25, 0.3) is 5.91 Å². The van der Waals surface area contributed by atoms with E-state index in [1.807, 2.05) is 18.0 Å². The van der Waals surface area contributed by atoms with Crippen LogP contribution in [-0.2, 0) is 4.74 Å². The molecule has 0 bridgehead atoms. The molecule has 0 spiro atoms. The molecule has 1 amide bonds. The summed E-state index contributed by atoms with van der Waals surface area (Å²) in [4.78, 5) is 16.0. The topological polar surface area (TPSA) is 58.8 Å². The van der Waals surface area contributed by atoms with Crippen molar-refractivity contribution in [3.63, 3.8) is 0 Å². The van der Waals surface area contributed by atoms with Crippen LogP contribution in [0, 0.1) is 0 Å². The third-order valence-corrected chi connectivity index (χ3v) is 3.61. The Kier molecular flexibility index (Phi) is 4.77. The fourth-order valence-electron chi connectivity index (χ4n) is 1.29. The summed E-state index contributed by atoms with van der Waals surface area (Å²) >= 11 is 1.41. The Bertz CT molecular complexity index is 390. The van der Waals surface area contributed by atoms with Crippen molar-refractivity contribution < 1.29 is 9.53 Å². The number of nitrogens with two attached hydrogens (primary N) is 1. The van der Waals surface area contributed by atoms with E-state index in [4.69, 9.17) is 10.5 Å². The first-order chi connectivity index (χ1) is 7.97. The second kappa shape index (κ2) is 5.88. The molecule has 0 saturated carbocycles. The summed E-state index contributed by atoms with van der Waals surface area (Å²) in [6, 6.07) is 1.83. The van der Waals surface area contributed by atoms with E-state index in [0.29, 0.717) is 17.2 Å². The largest absolute Gasteiger partial charge is 0.397 e. The molecule has 0 aliphatic carbocycles. The van der Waals surface area contributed by atoms with Gasteiger partial charge in [-0.1, -0.05) is 0 Å². The highest BCUT2D eigenvalue weighted by Gasteiger charge is 2.17. The SMILES string of the molecule is COCCN(C)c1cc(N)c(C(=O)N(C)C)s1. The zero-order chi connectivity index (χ0) is 13.0. The molecule has 1 aromatic rings. The van der Waals surface area contributed by atoms with Crippen LogP contribution in [0.5, 0.6) is 0 Å². The number of nitrogen functional groups attached to an aromatic ring is 1. The van der Waals surface area contributed by atoms with Crippen LogP contribution < -0.4 is 10.6 Å². The van der Waals surface area contributed by atoms with Gasteiger partial charge in [0, 0.05) is 34.8 Å². The van der Waals surface area contributed by atoms with Crippen molar-refractivity contribution in [1.29, 1.82) is 0 Å². The molecule has 1 aromatic heterocycles. The Balaban J connectivity index is 2.84. The van der Waals surface area contributed by atoms with Crippen molar-refractivity contribution >= 4 is 27.9 Å². The lowest BCUT2D eigenvalue weighted by Crippen LogP contribution is -2.21. The average Bonchev–Trinajstić information content (AvgIpc) is 2.67. The van der Waals surface area contributed by atoms with E-state index in [9.17, 15) is 4.79 Å². The van der Waals surface area contributed by atoms with Crippen molar-refractivity contribution in [3.8, 4) is 0 Å². The second-order valence-electron chi connectivity index (χ2n) is 3.98. The zero-order valence-corrected chi connectivity index (χ0v) is 11.5. The predicted molar refractivity (Wildman–Crippen MR) is 71.9 cm³/mol. The van der Waals surface area contributed by atoms with Crippen molar-refractivity contribution in [2.45, 2.75) is 0 Å². The van der Waals surface area contributed by atoms with E-state index >= 15 is 0 Å². The molecule has 0 saturated heterocycles. The van der Waals surface area contributed by atoms with Gasteiger partial charge in [-0.05, 0) is 6.07 Å². The van der Waals surface area contributed by atoms with Gasteiger partial charge in [0.1, 0.15) is 4.88 Å². The molecule has 1 heterocycles. The van der Waals surface area contributed by atoms with E-state index in [-0.39, 0.29) is 5.91 Å². The number of ether oxygens (including phenoxy) is 1. The number of hydrogen-bond acceptors (Lipinski definition) is 5. The van der Waals surface area contributed by atoms with Crippen LogP contribution in [0.25, 0.3) is 0 Å². The minimum atomic E-state index is -0.0566. The van der Waals surface area contributed by atoms with Crippen LogP contribution >= 0.6 is 11.3 Å². The lowest BCUT2D eigenvalue weighted by Gasteiger charge is -2.15. The monoisotopic (exact) mass is 257 g/mol. The number of nitrogens with zero attached hydrogens (tertiary/aromatic N) is 2. The van der Waals surface area contributed by atoms with Gasteiger partial charge in [-0.3, -0.25) is 4.79 Å². The maximum Gasteiger partial charge on any atom is 0.265 e. The molecule has 0 unspecified atom stereocenters. The van der Waals surface area contributed by atoms with Gasteiger partial charge in [0.2, 0.25) is 0 Å². The fourth-order valence-corrected chi connectivity index (χ4v) is 2.38. The molecule has 0 atom stereocenters. The van der Waals surface area contributed by atoms with Crippen LogP contribution in [0.3, 0.4) is 0 Å². The first-order valence-electron chi connectivity index (χ1n) is 5.28. The van der Waals surface area contributed by atoms with Crippen LogP contribution in [0.1, 0.15) is 9.67 Å². The third kappa shape index (κ3) is 3.34. The van der Waals surface area contributed by atoms with Gasteiger partial charge in [-0.25, -0.2) is 0 Å². The van der Waals surface area contributed by atoms with E-state index < -0.39 is 0 Å². The Morgan fingerprint density at radius 3 is 2.65 bits per heavy atom. The molecule has 0 fully saturated rings. The Hall–Kier alpha value is -1.27. The van der Waals surface area contributed by atoms with Crippen molar-refractivity contribution in [2.75, 3.05) is 52.0 Å². The van der Waals surface area contributed by atoms with E-state index in [2.05, 4.69) is 0 Å². The molecule has 6 heteroatoms. The molecule has 17 heavy (non-hydrogen) atoms. The van der Waals surface area contributed by atoms with Crippen molar-refractivity contribution in [3.05, 3.63) is 10.9 Å². The minimum absolute atomic E-state index is 0.0566. The molecule has 2 N–H and O–H groups in total. The molecule has 0 radical (unpaired) electrons. The summed E-state index contributed by atoms with van der Waals surface area (Å²) < 4.78 is 5.01. The lowest BCUT2D eigenvalue weighted by molar-refractivity contribution is 0.0833. The van der Waals surface area contributed by atoms with Crippen LogP contribution in [-0.4, -0.2) is 52.2 Å². The number of hydrogen-bond donors (Lipinski definition) is 1. The maximum absolute atomic E-state index is 11.8. The quantitative estimate of drug-likeness (QED) is 0.858. The number of carbonyl (C=O) groups excluding carboxylic acids is 1. The number of likely N-dealkylation sites (N-methyl/N-ethyl adjacent to an activating group) is 1. The first-order valence-corrected chi connectivity index (χ1v) is 6.10. The zero-order valence-electron chi connectivity index (χ0n) is 10.7. The smallest absolute Gasteiger partial charge is 0.265 e. The fraction of sp³-hybridized carbons (Fsp3) is 0.545. The summed E-state index contributed by atoms with van der Waals surface area (Å²) in [6.45, 7) is 1.41. The molecule has 1 rings (SSSR count). The summed E-state index contributed by atoms with van der Waals surface area (Å²) in [5.41, 5.74) is 6.39. The van der Waals surface area contributed by atoms with Gasteiger partial charge in [-0.15, -0.1) is 11.3 Å². The summed E-state index contributed by atoms with van der Waals surface area (Å²) in [7, 11) is 7.05. The van der Waals surface area contributed by atoms with E-state index in [0.717, 1.165) is 11.5 Å². The standard InChI is InChI=1S/C11H19N3O2S/c1-13(2)11(15)10-8(12)7-9(17-10)14(3)5-6-16-4/h7H,5-6,12H2,1-4H3. The van der Waals surface area contributed by atoms with E-state index in [1.165, 1.54) is 16.2 Å². The molecule has 96 valence electrons. The Morgan fingerprint density at radius 2 is 2.12 bits per heavy atom. The van der Waals surface area contributed by atoms with Gasteiger partial charge < -0.3 is 20.3 Å². The van der Waals surface area contributed by atoms with Crippen LogP contribution in [0.15, 0.2) is 6.07 Å². The average molecular weight is 257 g/mol. The highest BCUT2D eigenvalue weighted by atomic mass is 32.1. The number of carbonyl (C=O) groups is 1. The van der Waals surface area contributed by atoms with Gasteiger partial charge >= 0.3 is 0 Å². The maximum atomic E-state index is 11.8. The number of thiophene rings is 1. The Morgan fingerprint density at radius 1 is 1.47 bits per heavy atom. The normalized spacial score (nSPS) is 10.4. The van der Waals surface area contributed by atoms with Gasteiger partial charge in [0.15, 0.2) is 0 Å².